The van der Waals surface area contributed by atoms with Crippen molar-refractivity contribution in [2.24, 2.45) is 5.92 Å². The van der Waals surface area contributed by atoms with Gasteiger partial charge in [-0.3, -0.25) is 24.0 Å². The van der Waals surface area contributed by atoms with E-state index in [2.05, 4.69) is 0 Å². The highest BCUT2D eigenvalue weighted by Gasteiger charge is 2.61. The summed E-state index contributed by atoms with van der Waals surface area (Å²) in [6.45, 7) is 7.02. The molecule has 0 spiro atoms. The number of carbonyl (C=O) groups excluding carboxylic acids is 4. The van der Waals surface area contributed by atoms with E-state index in [1.54, 1.807) is 12.0 Å². The standard InChI is InChI=1S/C25H33NO10/c1-15(27)31-14-21(34-16(2)28)23(35-17(3)29)25(5)24(36-18(4)30)22-20(12-32-25)13-33-26(22)11-19-9-7-6-8-10-19/h6-10,20-24H,11-14H2,1-5H3/t20-,21+,22+,23+,24-,25+/m0/s1. The Labute approximate surface area is 209 Å². The van der Waals surface area contributed by atoms with Gasteiger partial charge < -0.3 is 23.7 Å². The van der Waals surface area contributed by atoms with Crippen LogP contribution in [0.2, 0.25) is 0 Å². The number of hydroxylamine groups is 2. The predicted octanol–water partition coefficient (Wildman–Crippen LogP) is 1.57. The minimum Gasteiger partial charge on any atom is -0.462 e. The summed E-state index contributed by atoms with van der Waals surface area (Å²) in [5.41, 5.74) is -0.501. The van der Waals surface area contributed by atoms with E-state index in [-0.39, 0.29) is 12.5 Å². The van der Waals surface area contributed by atoms with Crippen LogP contribution in [0.3, 0.4) is 0 Å². The Morgan fingerprint density at radius 2 is 1.64 bits per heavy atom. The Hall–Kier alpha value is -3.02. The molecule has 0 aromatic heterocycles. The first kappa shape index (κ1) is 27.6. The fraction of sp³-hybridized carbons (Fsp3) is 0.600. The molecule has 11 nitrogen and oxygen atoms in total. The van der Waals surface area contributed by atoms with E-state index in [9.17, 15) is 19.2 Å². The topological polar surface area (TPSA) is 127 Å². The third-order valence-electron chi connectivity index (χ3n) is 6.19. The van der Waals surface area contributed by atoms with Crippen molar-refractivity contribution >= 4 is 23.9 Å². The summed E-state index contributed by atoms with van der Waals surface area (Å²) in [5, 5.41) is 1.74. The summed E-state index contributed by atoms with van der Waals surface area (Å²) >= 11 is 0. The van der Waals surface area contributed by atoms with Gasteiger partial charge in [0.15, 0.2) is 18.3 Å². The van der Waals surface area contributed by atoms with Crippen LogP contribution in [0.15, 0.2) is 30.3 Å². The van der Waals surface area contributed by atoms with Crippen LogP contribution in [0, 0.1) is 5.92 Å². The van der Waals surface area contributed by atoms with Crippen LogP contribution in [0.25, 0.3) is 0 Å². The van der Waals surface area contributed by atoms with Crippen molar-refractivity contribution in [2.45, 2.75) is 71.1 Å². The second-order valence-corrected chi connectivity index (χ2v) is 9.11. The van der Waals surface area contributed by atoms with Gasteiger partial charge in [0.25, 0.3) is 0 Å². The van der Waals surface area contributed by atoms with E-state index in [1.807, 2.05) is 30.3 Å². The van der Waals surface area contributed by atoms with E-state index < -0.39 is 60.4 Å². The molecule has 0 saturated carbocycles. The van der Waals surface area contributed by atoms with E-state index in [0.29, 0.717) is 13.2 Å². The molecule has 198 valence electrons. The highest BCUT2D eigenvalue weighted by Crippen LogP contribution is 2.42. The summed E-state index contributed by atoms with van der Waals surface area (Å²) in [6.07, 6.45) is -3.48. The fourth-order valence-electron chi connectivity index (χ4n) is 4.72. The molecule has 3 rings (SSSR count). The molecule has 2 aliphatic heterocycles. The Morgan fingerprint density at radius 3 is 2.22 bits per heavy atom. The molecule has 1 aromatic rings. The van der Waals surface area contributed by atoms with Crippen molar-refractivity contribution in [2.75, 3.05) is 19.8 Å². The van der Waals surface area contributed by atoms with Gasteiger partial charge in [-0.25, -0.2) is 0 Å². The predicted molar refractivity (Wildman–Crippen MR) is 123 cm³/mol. The smallest absolute Gasteiger partial charge is 0.303 e. The Balaban J connectivity index is 2.01. The summed E-state index contributed by atoms with van der Waals surface area (Å²) in [6, 6.07) is 9.18. The zero-order valence-electron chi connectivity index (χ0n) is 21.1. The van der Waals surface area contributed by atoms with Crippen molar-refractivity contribution in [3.8, 4) is 0 Å². The lowest BCUT2D eigenvalue weighted by molar-refractivity contribution is -0.268. The first-order chi connectivity index (χ1) is 17.0. The molecule has 0 amide bonds. The average molecular weight is 508 g/mol. The summed E-state index contributed by atoms with van der Waals surface area (Å²) in [5.74, 6) is -2.70. The van der Waals surface area contributed by atoms with Crippen molar-refractivity contribution in [1.29, 1.82) is 0 Å². The molecule has 2 aliphatic rings. The number of benzene rings is 1. The first-order valence-electron chi connectivity index (χ1n) is 11.7. The Kier molecular flexibility index (Phi) is 9.04. The van der Waals surface area contributed by atoms with Crippen LogP contribution in [-0.2, 0) is 54.2 Å². The van der Waals surface area contributed by atoms with Crippen LogP contribution >= 0.6 is 0 Å². The van der Waals surface area contributed by atoms with E-state index in [1.165, 1.54) is 27.7 Å². The highest BCUT2D eigenvalue weighted by molar-refractivity contribution is 5.68. The lowest BCUT2D eigenvalue weighted by Crippen LogP contribution is -2.69. The number of esters is 4. The maximum atomic E-state index is 12.3. The number of carbonyl (C=O) groups is 4. The van der Waals surface area contributed by atoms with Gasteiger partial charge >= 0.3 is 23.9 Å². The molecule has 2 fully saturated rings. The maximum Gasteiger partial charge on any atom is 0.303 e. The lowest BCUT2D eigenvalue weighted by Gasteiger charge is -2.50. The normalized spacial score (nSPS) is 27.3. The molecular weight excluding hydrogens is 474 g/mol. The molecule has 36 heavy (non-hydrogen) atoms. The largest absolute Gasteiger partial charge is 0.462 e. The molecule has 0 unspecified atom stereocenters. The molecule has 1 aromatic carbocycles. The quantitative estimate of drug-likeness (QED) is 0.357. The van der Waals surface area contributed by atoms with Crippen molar-refractivity contribution in [3.05, 3.63) is 35.9 Å². The van der Waals surface area contributed by atoms with Crippen molar-refractivity contribution in [3.63, 3.8) is 0 Å². The highest BCUT2D eigenvalue weighted by atomic mass is 16.7. The van der Waals surface area contributed by atoms with Crippen LogP contribution in [0.4, 0.5) is 0 Å². The molecule has 0 aliphatic carbocycles. The minimum absolute atomic E-state index is 0.148. The molecule has 6 atom stereocenters. The number of rotatable bonds is 9. The number of hydrogen-bond donors (Lipinski definition) is 0. The average Bonchev–Trinajstić information content (AvgIpc) is 3.20. The van der Waals surface area contributed by atoms with E-state index in [4.69, 9.17) is 28.5 Å². The third kappa shape index (κ3) is 6.59. The van der Waals surface area contributed by atoms with Gasteiger partial charge in [0.1, 0.15) is 12.2 Å². The number of fused-ring (bicyclic) bond motifs is 1. The van der Waals surface area contributed by atoms with Gasteiger partial charge in [0.05, 0.1) is 19.3 Å². The molecule has 2 saturated heterocycles. The van der Waals surface area contributed by atoms with Gasteiger partial charge in [0.2, 0.25) is 0 Å². The van der Waals surface area contributed by atoms with Crippen LogP contribution in [0.1, 0.15) is 40.2 Å². The maximum absolute atomic E-state index is 12.3. The zero-order valence-corrected chi connectivity index (χ0v) is 21.1. The second kappa shape index (κ2) is 11.8. The Bertz CT molecular complexity index is 953. The third-order valence-corrected chi connectivity index (χ3v) is 6.19. The van der Waals surface area contributed by atoms with E-state index >= 15 is 0 Å². The molecule has 2 heterocycles. The molecule has 0 N–H and O–H groups in total. The van der Waals surface area contributed by atoms with Gasteiger partial charge in [-0.2, -0.15) is 5.06 Å². The van der Waals surface area contributed by atoms with Gasteiger partial charge in [-0.1, -0.05) is 30.3 Å². The summed E-state index contributed by atoms with van der Waals surface area (Å²) in [7, 11) is 0. The molecule has 0 bridgehead atoms. The van der Waals surface area contributed by atoms with Crippen LogP contribution in [0.5, 0.6) is 0 Å². The van der Waals surface area contributed by atoms with Gasteiger partial charge in [-0.15, -0.1) is 0 Å². The zero-order chi connectivity index (χ0) is 26.5. The molecule has 0 radical (unpaired) electrons. The monoisotopic (exact) mass is 507 g/mol. The second-order valence-electron chi connectivity index (χ2n) is 9.11. The summed E-state index contributed by atoms with van der Waals surface area (Å²) < 4.78 is 28.2. The van der Waals surface area contributed by atoms with Gasteiger partial charge in [-0.05, 0) is 12.5 Å². The minimum atomic E-state index is -1.48. The van der Waals surface area contributed by atoms with Crippen molar-refractivity contribution in [1.82, 2.24) is 5.06 Å². The number of ether oxygens (including phenoxy) is 5. The Morgan fingerprint density at radius 1 is 0.972 bits per heavy atom. The number of hydrogen-bond acceptors (Lipinski definition) is 11. The fourth-order valence-corrected chi connectivity index (χ4v) is 4.72. The molecular formula is C25H33NO10. The SMILES string of the molecule is CC(=O)OC[C@@H](OC(C)=O)[C@@H](OC(C)=O)[C@@]1(C)OC[C@H]2CON(Cc3ccccc3)[C@H]2[C@@H]1OC(C)=O. The van der Waals surface area contributed by atoms with E-state index in [0.717, 1.165) is 5.56 Å². The number of nitrogens with zero attached hydrogens (tertiary/aromatic N) is 1. The first-order valence-corrected chi connectivity index (χ1v) is 11.7. The lowest BCUT2D eigenvalue weighted by atomic mass is 9.78. The van der Waals surface area contributed by atoms with Gasteiger partial charge in [0, 0.05) is 40.2 Å². The van der Waals surface area contributed by atoms with Crippen LogP contribution in [-0.4, -0.2) is 78.7 Å². The summed E-state index contributed by atoms with van der Waals surface area (Å²) in [4.78, 5) is 53.8. The van der Waals surface area contributed by atoms with Crippen LogP contribution < -0.4 is 0 Å². The van der Waals surface area contributed by atoms with Crippen molar-refractivity contribution < 1.29 is 47.7 Å². The molecule has 11 heteroatoms.